The molecule has 110 valence electrons. The highest BCUT2D eigenvalue weighted by molar-refractivity contribution is 7.89. The van der Waals surface area contributed by atoms with E-state index in [1.165, 1.54) is 0 Å². The molecule has 9 heteroatoms. The van der Waals surface area contributed by atoms with Crippen molar-refractivity contribution < 1.29 is 22.8 Å². The normalized spacial score (nSPS) is 20.2. The maximum Gasteiger partial charge on any atom is 0.306 e. The van der Waals surface area contributed by atoms with Gasteiger partial charge in [0, 0.05) is 18.7 Å². The van der Waals surface area contributed by atoms with Gasteiger partial charge in [0.05, 0.1) is 16.4 Å². The summed E-state index contributed by atoms with van der Waals surface area (Å²) in [7, 11) is -3.97. The number of hydrogen-bond acceptors (Lipinski definition) is 5. The first kappa shape index (κ1) is 14.8. The molecule has 1 atom stereocenters. The van der Waals surface area contributed by atoms with Gasteiger partial charge in [-0.2, -0.15) is 8.70 Å². The predicted octanol–water partition coefficient (Wildman–Crippen LogP) is 0.879. The Hall–Kier alpha value is -1.58. The largest absolute Gasteiger partial charge is 0.395 e. The number of aliphatic hydroxyl groups is 1. The molecule has 1 aromatic rings. The van der Waals surface area contributed by atoms with Crippen molar-refractivity contribution in [3.63, 3.8) is 0 Å². The van der Waals surface area contributed by atoms with E-state index in [1.54, 1.807) is 0 Å². The molecule has 20 heavy (non-hydrogen) atoms. The molecule has 1 heterocycles. The first-order chi connectivity index (χ1) is 9.37. The average Bonchev–Trinajstić information content (AvgIpc) is 2.87. The Morgan fingerprint density at radius 1 is 1.50 bits per heavy atom. The van der Waals surface area contributed by atoms with Crippen molar-refractivity contribution in [1.29, 1.82) is 0 Å². The van der Waals surface area contributed by atoms with Gasteiger partial charge in [0.2, 0.25) is 15.8 Å². The van der Waals surface area contributed by atoms with Gasteiger partial charge < -0.3 is 5.11 Å². The van der Waals surface area contributed by atoms with Crippen LogP contribution in [-0.2, 0) is 10.0 Å². The topological polar surface area (TPSA) is 101 Å². The molecular weight excluding hydrogens is 291 g/mol. The molecule has 1 unspecified atom stereocenters. The summed E-state index contributed by atoms with van der Waals surface area (Å²) in [6, 6.07) is 1.92. The number of aliphatic hydroxyl groups excluding tert-OH is 1. The van der Waals surface area contributed by atoms with Gasteiger partial charge in [0.25, 0.3) is 0 Å². The van der Waals surface area contributed by atoms with E-state index >= 15 is 0 Å². The van der Waals surface area contributed by atoms with Gasteiger partial charge >= 0.3 is 5.69 Å². The van der Waals surface area contributed by atoms with Crippen molar-refractivity contribution in [3.8, 4) is 0 Å². The highest BCUT2D eigenvalue weighted by atomic mass is 32.2. The lowest BCUT2D eigenvalue weighted by Crippen LogP contribution is -2.37. The quantitative estimate of drug-likeness (QED) is 0.657. The minimum Gasteiger partial charge on any atom is -0.395 e. The smallest absolute Gasteiger partial charge is 0.306 e. The minimum atomic E-state index is -3.97. The van der Waals surface area contributed by atoms with Crippen LogP contribution in [0.5, 0.6) is 0 Å². The van der Waals surface area contributed by atoms with Crippen molar-refractivity contribution in [3.05, 3.63) is 34.1 Å². The zero-order valence-corrected chi connectivity index (χ0v) is 11.2. The lowest BCUT2D eigenvalue weighted by atomic mass is 10.2. The average molecular weight is 304 g/mol. The summed E-state index contributed by atoms with van der Waals surface area (Å²) in [5.74, 6) is -1.09. The Balaban J connectivity index is 2.44. The van der Waals surface area contributed by atoms with Gasteiger partial charge in [-0.1, -0.05) is 0 Å². The standard InChI is InChI=1S/C11H13FN2O5S/c12-10-4-3-9(6-11(10)14(16)17)20(18,19)13-5-1-2-8(13)7-15/h3-4,6,8,15H,1-2,5,7H2. The fourth-order valence-electron chi connectivity index (χ4n) is 2.24. The van der Waals surface area contributed by atoms with Crippen LogP contribution in [0.4, 0.5) is 10.1 Å². The summed E-state index contributed by atoms with van der Waals surface area (Å²) in [5.41, 5.74) is -0.883. The van der Waals surface area contributed by atoms with Crippen molar-refractivity contribution >= 4 is 15.7 Å². The fourth-order valence-corrected chi connectivity index (χ4v) is 3.94. The van der Waals surface area contributed by atoms with Gasteiger partial charge in [-0.25, -0.2) is 8.42 Å². The molecule has 1 saturated heterocycles. The number of nitrogens with zero attached hydrogens (tertiary/aromatic N) is 2. The molecule has 0 bridgehead atoms. The Kier molecular flexibility index (Phi) is 4.02. The Morgan fingerprint density at radius 3 is 2.80 bits per heavy atom. The van der Waals surface area contributed by atoms with E-state index in [0.29, 0.717) is 18.9 Å². The second-order valence-corrected chi connectivity index (χ2v) is 6.36. The molecule has 0 spiro atoms. The molecule has 1 aliphatic rings. The first-order valence-electron chi connectivity index (χ1n) is 5.94. The van der Waals surface area contributed by atoms with E-state index in [4.69, 9.17) is 5.11 Å². The Labute approximate surface area is 114 Å². The van der Waals surface area contributed by atoms with Crippen LogP contribution >= 0.6 is 0 Å². The van der Waals surface area contributed by atoms with E-state index in [1.807, 2.05) is 0 Å². The van der Waals surface area contributed by atoms with Crippen molar-refractivity contribution in [2.75, 3.05) is 13.2 Å². The zero-order chi connectivity index (χ0) is 14.9. The number of nitro benzene ring substituents is 1. The molecule has 7 nitrogen and oxygen atoms in total. The fraction of sp³-hybridized carbons (Fsp3) is 0.455. The van der Waals surface area contributed by atoms with Crippen LogP contribution in [0.15, 0.2) is 23.1 Å². The van der Waals surface area contributed by atoms with Crippen LogP contribution in [0.2, 0.25) is 0 Å². The monoisotopic (exact) mass is 304 g/mol. The number of nitro groups is 1. The van der Waals surface area contributed by atoms with Gasteiger partial charge in [-0.15, -0.1) is 0 Å². The third-order valence-electron chi connectivity index (χ3n) is 3.25. The maximum absolute atomic E-state index is 13.2. The van der Waals surface area contributed by atoms with Gasteiger partial charge in [0.1, 0.15) is 0 Å². The van der Waals surface area contributed by atoms with Crippen molar-refractivity contribution in [2.24, 2.45) is 0 Å². The van der Waals surface area contributed by atoms with Crippen molar-refractivity contribution in [2.45, 2.75) is 23.8 Å². The SMILES string of the molecule is O=[N+]([O-])c1cc(S(=O)(=O)N2CCCC2CO)ccc1F. The summed E-state index contributed by atoms with van der Waals surface area (Å²) in [6.07, 6.45) is 1.13. The highest BCUT2D eigenvalue weighted by Gasteiger charge is 2.35. The summed E-state index contributed by atoms with van der Waals surface area (Å²) < 4.78 is 39.1. The number of benzene rings is 1. The number of hydrogen-bond donors (Lipinski definition) is 1. The highest BCUT2D eigenvalue weighted by Crippen LogP contribution is 2.28. The zero-order valence-electron chi connectivity index (χ0n) is 10.4. The number of sulfonamides is 1. The molecule has 0 radical (unpaired) electrons. The predicted molar refractivity (Wildman–Crippen MR) is 67.1 cm³/mol. The molecule has 0 aliphatic carbocycles. The lowest BCUT2D eigenvalue weighted by Gasteiger charge is -2.22. The minimum absolute atomic E-state index is 0.235. The first-order valence-corrected chi connectivity index (χ1v) is 7.38. The summed E-state index contributed by atoms with van der Waals surface area (Å²) in [5, 5.41) is 19.8. The molecule has 1 N–H and O–H groups in total. The Morgan fingerprint density at radius 2 is 2.20 bits per heavy atom. The second-order valence-electron chi connectivity index (χ2n) is 4.46. The molecular formula is C11H13FN2O5S. The molecule has 0 aromatic heterocycles. The molecule has 2 rings (SSSR count). The summed E-state index contributed by atoms with van der Waals surface area (Å²) >= 11 is 0. The number of halogens is 1. The van der Waals surface area contributed by atoms with E-state index in [0.717, 1.165) is 16.4 Å². The Bertz CT molecular complexity index is 634. The van der Waals surface area contributed by atoms with E-state index in [2.05, 4.69) is 0 Å². The second kappa shape index (κ2) is 5.43. The van der Waals surface area contributed by atoms with Gasteiger partial charge in [-0.05, 0) is 25.0 Å². The van der Waals surface area contributed by atoms with E-state index in [-0.39, 0.29) is 18.0 Å². The van der Waals surface area contributed by atoms with Gasteiger partial charge in [-0.3, -0.25) is 10.1 Å². The van der Waals surface area contributed by atoms with Crippen LogP contribution < -0.4 is 0 Å². The lowest BCUT2D eigenvalue weighted by molar-refractivity contribution is -0.387. The van der Waals surface area contributed by atoms with Crippen LogP contribution in [0.3, 0.4) is 0 Å². The van der Waals surface area contributed by atoms with Crippen molar-refractivity contribution in [1.82, 2.24) is 4.31 Å². The molecule has 1 aromatic carbocycles. The molecule has 1 aliphatic heterocycles. The van der Waals surface area contributed by atoms with Crippen LogP contribution in [0.25, 0.3) is 0 Å². The third kappa shape index (κ3) is 2.51. The molecule has 1 fully saturated rings. The van der Waals surface area contributed by atoms with Crippen LogP contribution in [0, 0.1) is 15.9 Å². The van der Waals surface area contributed by atoms with Crippen LogP contribution in [-0.4, -0.2) is 41.9 Å². The third-order valence-corrected chi connectivity index (χ3v) is 5.20. The summed E-state index contributed by atoms with van der Waals surface area (Å²) in [4.78, 5) is 9.35. The maximum atomic E-state index is 13.2. The van der Waals surface area contributed by atoms with E-state index < -0.39 is 32.5 Å². The number of rotatable bonds is 4. The molecule has 0 saturated carbocycles. The van der Waals surface area contributed by atoms with Crippen LogP contribution in [0.1, 0.15) is 12.8 Å². The molecule has 0 amide bonds. The summed E-state index contributed by atoms with van der Waals surface area (Å²) in [6.45, 7) is -0.0821. The van der Waals surface area contributed by atoms with E-state index in [9.17, 15) is 22.9 Å². The van der Waals surface area contributed by atoms with Gasteiger partial charge in [0.15, 0.2) is 0 Å².